The molecule has 5 rings (SSSR count). The van der Waals surface area contributed by atoms with Gasteiger partial charge in [-0.25, -0.2) is 9.37 Å². The van der Waals surface area contributed by atoms with Crippen LogP contribution < -0.4 is 10.1 Å². The Morgan fingerprint density at radius 2 is 2.18 bits per heavy atom. The quantitative estimate of drug-likeness (QED) is 0.428. The Morgan fingerprint density at radius 3 is 3.03 bits per heavy atom. The van der Waals surface area contributed by atoms with Crippen LogP contribution in [0, 0.1) is 0 Å². The third-order valence-corrected chi connectivity index (χ3v) is 6.78. The van der Waals surface area contributed by atoms with Gasteiger partial charge in [-0.05, 0) is 54.4 Å². The molecule has 10 heteroatoms. The molecule has 3 aromatic heterocycles. The van der Waals surface area contributed by atoms with Crippen molar-refractivity contribution in [3.8, 4) is 5.75 Å². The number of fused-ring (bicyclic) bond motifs is 2. The molecule has 1 aliphatic rings. The van der Waals surface area contributed by atoms with Crippen molar-refractivity contribution in [2.24, 2.45) is 0 Å². The first-order chi connectivity index (χ1) is 16.1. The van der Waals surface area contributed by atoms with Gasteiger partial charge in [0.2, 0.25) is 0 Å². The molecule has 0 amide bonds. The number of nitrogens with zero attached hydrogens (tertiary/aromatic N) is 5. The monoisotopic (exact) mass is 468 g/mol. The normalized spacial score (nSPS) is 20.3. The van der Waals surface area contributed by atoms with Crippen molar-refractivity contribution in [3.05, 3.63) is 53.9 Å². The fraction of sp³-hybridized carbons (Fsp3) is 0.391. The third kappa shape index (κ3) is 4.79. The number of nitrogens with one attached hydrogen (secondary N) is 1. The number of rotatable bonds is 7. The van der Waals surface area contributed by atoms with Gasteiger partial charge >= 0.3 is 0 Å². The molecule has 0 spiro atoms. The lowest BCUT2D eigenvalue weighted by Crippen LogP contribution is -2.51. The average molecular weight is 469 g/mol. The van der Waals surface area contributed by atoms with Gasteiger partial charge in [-0.1, -0.05) is 4.49 Å². The summed E-state index contributed by atoms with van der Waals surface area (Å²) in [4.78, 5) is 11.5. The van der Waals surface area contributed by atoms with Gasteiger partial charge in [-0.15, -0.1) is 5.10 Å². The van der Waals surface area contributed by atoms with E-state index in [-0.39, 0.29) is 12.6 Å². The van der Waals surface area contributed by atoms with Gasteiger partial charge in [0.15, 0.2) is 4.83 Å². The maximum Gasteiger partial charge on any atom is 0.163 e. The van der Waals surface area contributed by atoms with Crippen LogP contribution in [0.5, 0.6) is 5.75 Å². The standard InChI is InChI=1S/C23H25FN6O2S/c1-32-15-2-3-19-17(9-15)16(4-6-25-19)22(31)13-30-7-5-20(18(24)12-30)26-10-14-8-21-23(27-11-14)33-29-28-21/h2-4,6,8-9,11,18,20,22,26,31H,5,7,10,12-13H2,1H3/t18-,20?,22-/m0/s1. The number of pyridine rings is 2. The molecule has 1 aliphatic heterocycles. The number of likely N-dealkylation sites (tertiary alicyclic amines) is 1. The summed E-state index contributed by atoms with van der Waals surface area (Å²) >= 11 is 1.26. The molecule has 2 N–H and O–H groups in total. The van der Waals surface area contributed by atoms with Crippen molar-refractivity contribution in [1.82, 2.24) is 29.8 Å². The number of aliphatic hydroxyl groups excluding tert-OH is 1. The van der Waals surface area contributed by atoms with Gasteiger partial charge in [0, 0.05) is 55.0 Å². The lowest BCUT2D eigenvalue weighted by atomic mass is 10.00. The van der Waals surface area contributed by atoms with Gasteiger partial charge in [0.25, 0.3) is 0 Å². The largest absolute Gasteiger partial charge is 0.497 e. The summed E-state index contributed by atoms with van der Waals surface area (Å²) in [5.41, 5.74) is 3.29. The molecule has 4 heterocycles. The molecule has 1 fully saturated rings. The number of aromatic nitrogens is 4. The highest BCUT2D eigenvalue weighted by molar-refractivity contribution is 7.12. The molecular weight excluding hydrogens is 443 g/mol. The van der Waals surface area contributed by atoms with E-state index in [1.165, 1.54) is 11.5 Å². The van der Waals surface area contributed by atoms with Crippen molar-refractivity contribution in [1.29, 1.82) is 0 Å². The summed E-state index contributed by atoms with van der Waals surface area (Å²) in [6.45, 7) is 1.86. The molecule has 172 valence electrons. The summed E-state index contributed by atoms with van der Waals surface area (Å²) in [5.74, 6) is 0.708. The van der Waals surface area contributed by atoms with Crippen LogP contribution >= 0.6 is 11.5 Å². The topological polar surface area (TPSA) is 96.3 Å². The van der Waals surface area contributed by atoms with E-state index >= 15 is 0 Å². The van der Waals surface area contributed by atoms with Crippen molar-refractivity contribution < 1.29 is 14.2 Å². The summed E-state index contributed by atoms with van der Waals surface area (Å²) in [5, 5.41) is 19.1. The summed E-state index contributed by atoms with van der Waals surface area (Å²) < 4.78 is 24.2. The number of halogens is 1. The minimum absolute atomic E-state index is 0.242. The highest BCUT2D eigenvalue weighted by atomic mass is 32.1. The van der Waals surface area contributed by atoms with Crippen LogP contribution in [0.3, 0.4) is 0 Å². The Kier molecular flexibility index (Phi) is 6.41. The van der Waals surface area contributed by atoms with E-state index in [2.05, 4.69) is 24.9 Å². The Hall–Kier alpha value is -2.79. The minimum atomic E-state index is -1.03. The molecule has 0 aliphatic carbocycles. The number of hydrogen-bond donors (Lipinski definition) is 2. The zero-order valence-electron chi connectivity index (χ0n) is 18.2. The molecule has 4 aromatic rings. The van der Waals surface area contributed by atoms with E-state index in [0.717, 1.165) is 32.4 Å². The molecule has 1 aromatic carbocycles. The number of β-amino-alcohol motifs (C(OH)–C–C–N with tert-alkyl or cyclic N) is 1. The van der Waals surface area contributed by atoms with Crippen LogP contribution in [-0.4, -0.2) is 68.5 Å². The van der Waals surface area contributed by atoms with Gasteiger partial charge in [-0.2, -0.15) is 0 Å². The van der Waals surface area contributed by atoms with E-state index in [4.69, 9.17) is 4.74 Å². The van der Waals surface area contributed by atoms with Crippen LogP contribution in [-0.2, 0) is 6.54 Å². The second-order valence-corrected chi connectivity index (χ2v) is 9.02. The number of piperidine rings is 1. The van der Waals surface area contributed by atoms with Crippen LogP contribution in [0.2, 0.25) is 0 Å². The van der Waals surface area contributed by atoms with E-state index in [9.17, 15) is 9.50 Å². The number of benzene rings is 1. The van der Waals surface area contributed by atoms with E-state index in [1.807, 2.05) is 35.2 Å². The number of aliphatic hydroxyl groups is 1. The van der Waals surface area contributed by atoms with Crippen LogP contribution in [0.1, 0.15) is 23.7 Å². The van der Waals surface area contributed by atoms with Gasteiger partial charge < -0.3 is 15.2 Å². The predicted molar refractivity (Wildman–Crippen MR) is 125 cm³/mol. The first kappa shape index (κ1) is 22.0. The summed E-state index contributed by atoms with van der Waals surface area (Å²) in [6.07, 6.45) is 2.35. The Balaban J connectivity index is 1.19. The predicted octanol–water partition coefficient (Wildman–Crippen LogP) is 2.88. The van der Waals surface area contributed by atoms with Crippen molar-refractivity contribution in [2.45, 2.75) is 31.3 Å². The highest BCUT2D eigenvalue weighted by Crippen LogP contribution is 2.28. The lowest BCUT2D eigenvalue weighted by Gasteiger charge is -2.36. The maximum atomic E-state index is 15.0. The molecular formula is C23H25FN6O2S. The molecule has 0 radical (unpaired) electrons. The van der Waals surface area contributed by atoms with Crippen LogP contribution in [0.15, 0.2) is 42.7 Å². The van der Waals surface area contributed by atoms with E-state index in [1.54, 1.807) is 19.5 Å². The third-order valence-electron chi connectivity index (χ3n) is 6.13. The SMILES string of the molecule is COc1ccc2nccc([C@@H](O)CN3CCC(NCc4cnc5snnc5c4)[C@@H](F)C3)c2c1. The average Bonchev–Trinajstić information content (AvgIpc) is 3.30. The zero-order valence-corrected chi connectivity index (χ0v) is 19.0. The molecule has 0 saturated carbocycles. The van der Waals surface area contributed by atoms with E-state index in [0.29, 0.717) is 31.8 Å². The summed E-state index contributed by atoms with van der Waals surface area (Å²) in [6, 6.07) is 9.11. The highest BCUT2D eigenvalue weighted by Gasteiger charge is 2.30. The van der Waals surface area contributed by atoms with Crippen LogP contribution in [0.25, 0.3) is 21.3 Å². The Labute approximate surface area is 194 Å². The van der Waals surface area contributed by atoms with Crippen molar-refractivity contribution in [2.75, 3.05) is 26.7 Å². The first-order valence-corrected chi connectivity index (χ1v) is 11.7. The fourth-order valence-electron chi connectivity index (χ4n) is 4.34. The number of alkyl halides is 1. The van der Waals surface area contributed by atoms with Crippen LogP contribution in [0.4, 0.5) is 4.39 Å². The van der Waals surface area contributed by atoms with Gasteiger partial charge in [0.05, 0.1) is 18.7 Å². The molecule has 3 atom stereocenters. The number of methoxy groups -OCH3 is 1. The Bertz CT molecular complexity index is 1250. The molecule has 1 saturated heterocycles. The lowest BCUT2D eigenvalue weighted by molar-refractivity contribution is 0.0571. The van der Waals surface area contributed by atoms with Gasteiger partial charge in [-0.3, -0.25) is 9.88 Å². The molecule has 0 bridgehead atoms. The molecule has 8 nitrogen and oxygen atoms in total. The second-order valence-electron chi connectivity index (χ2n) is 8.29. The number of hydrogen-bond acceptors (Lipinski definition) is 9. The number of ether oxygens (including phenoxy) is 1. The van der Waals surface area contributed by atoms with Crippen molar-refractivity contribution >= 4 is 32.8 Å². The zero-order chi connectivity index (χ0) is 22.8. The Morgan fingerprint density at radius 1 is 1.27 bits per heavy atom. The molecule has 33 heavy (non-hydrogen) atoms. The minimum Gasteiger partial charge on any atom is -0.497 e. The van der Waals surface area contributed by atoms with E-state index < -0.39 is 12.3 Å². The first-order valence-electron chi connectivity index (χ1n) is 10.9. The summed E-state index contributed by atoms with van der Waals surface area (Å²) in [7, 11) is 1.61. The fourth-order valence-corrected chi connectivity index (χ4v) is 4.84. The molecule has 1 unspecified atom stereocenters. The smallest absolute Gasteiger partial charge is 0.163 e. The van der Waals surface area contributed by atoms with Gasteiger partial charge in [0.1, 0.15) is 17.4 Å². The van der Waals surface area contributed by atoms with Crippen molar-refractivity contribution in [3.63, 3.8) is 0 Å². The maximum absolute atomic E-state index is 15.0. The second kappa shape index (κ2) is 9.60.